The van der Waals surface area contributed by atoms with E-state index in [4.69, 9.17) is 4.98 Å². The van der Waals surface area contributed by atoms with Crippen molar-refractivity contribution in [1.82, 2.24) is 14.5 Å². The second-order valence-electron chi connectivity index (χ2n) is 6.44. The van der Waals surface area contributed by atoms with E-state index in [-0.39, 0.29) is 11.2 Å². The Labute approximate surface area is 154 Å². The van der Waals surface area contributed by atoms with E-state index in [1.165, 1.54) is 24.2 Å². The Balaban J connectivity index is 1.93. The minimum atomic E-state index is -0.133. The zero-order valence-electron chi connectivity index (χ0n) is 15.4. The quantitative estimate of drug-likeness (QED) is 0.731. The largest absolute Gasteiger partial charge is 0.342 e. The van der Waals surface area contributed by atoms with E-state index in [2.05, 4.69) is 28.8 Å². The molecule has 0 fully saturated rings. The fourth-order valence-corrected chi connectivity index (χ4v) is 4.49. The first-order valence-electron chi connectivity index (χ1n) is 9.27. The Morgan fingerprint density at radius 2 is 1.88 bits per heavy atom. The van der Waals surface area contributed by atoms with Crippen LogP contribution < -0.4 is 0 Å². The summed E-state index contributed by atoms with van der Waals surface area (Å²) in [5.41, 5.74) is 3.67. The number of aromatic nitrogens is 2. The number of para-hydroxylation sites is 1. The van der Waals surface area contributed by atoms with Gasteiger partial charge in [0.15, 0.2) is 5.16 Å². The van der Waals surface area contributed by atoms with Gasteiger partial charge in [0.25, 0.3) is 0 Å². The summed E-state index contributed by atoms with van der Waals surface area (Å²) in [6, 6.07) is 10.4. The van der Waals surface area contributed by atoms with Crippen LogP contribution in [0.5, 0.6) is 0 Å². The second kappa shape index (κ2) is 8.09. The average molecular weight is 358 g/mol. The topological polar surface area (TPSA) is 38.1 Å². The molecule has 25 heavy (non-hydrogen) atoms. The number of aryl methyl sites for hydroxylation is 1. The van der Waals surface area contributed by atoms with Crippen LogP contribution in [0.4, 0.5) is 0 Å². The van der Waals surface area contributed by atoms with Crippen molar-refractivity contribution in [1.29, 1.82) is 0 Å². The summed E-state index contributed by atoms with van der Waals surface area (Å²) >= 11 is 1.59. The number of fused-ring (bicyclic) bond motifs is 1. The van der Waals surface area contributed by atoms with E-state index in [1.807, 2.05) is 31.7 Å². The molecule has 5 heteroatoms. The predicted octanol–water partition coefficient (Wildman–Crippen LogP) is 4.10. The van der Waals surface area contributed by atoms with E-state index in [0.717, 1.165) is 36.8 Å². The molecule has 0 aliphatic heterocycles. The number of hydrogen-bond acceptors (Lipinski definition) is 3. The Bertz CT molecular complexity index is 722. The van der Waals surface area contributed by atoms with Crippen molar-refractivity contribution in [3.63, 3.8) is 0 Å². The molecule has 0 radical (unpaired) electrons. The van der Waals surface area contributed by atoms with Gasteiger partial charge in [0.05, 0.1) is 10.9 Å². The van der Waals surface area contributed by atoms with Gasteiger partial charge < -0.3 is 4.90 Å². The van der Waals surface area contributed by atoms with Crippen LogP contribution >= 0.6 is 11.8 Å². The molecule has 1 aromatic carbocycles. The Hall–Kier alpha value is -1.75. The predicted molar refractivity (Wildman–Crippen MR) is 103 cm³/mol. The third kappa shape index (κ3) is 3.76. The van der Waals surface area contributed by atoms with Gasteiger partial charge in [-0.3, -0.25) is 9.36 Å². The van der Waals surface area contributed by atoms with Crippen molar-refractivity contribution in [2.75, 3.05) is 13.1 Å². The molecule has 2 aromatic rings. The van der Waals surface area contributed by atoms with Crippen molar-refractivity contribution in [2.45, 2.75) is 56.9 Å². The van der Waals surface area contributed by atoms with Crippen LogP contribution in [0.2, 0.25) is 0 Å². The molecular weight excluding hydrogens is 330 g/mol. The highest BCUT2D eigenvalue weighted by atomic mass is 32.2. The van der Waals surface area contributed by atoms with Crippen LogP contribution in [-0.2, 0) is 17.6 Å². The second-order valence-corrected chi connectivity index (χ2v) is 7.74. The summed E-state index contributed by atoms with van der Waals surface area (Å²) in [5.74, 6) is 0.190. The van der Waals surface area contributed by atoms with Crippen molar-refractivity contribution < 1.29 is 4.79 Å². The van der Waals surface area contributed by atoms with Gasteiger partial charge in [0.1, 0.15) is 0 Å². The maximum Gasteiger partial charge on any atom is 0.235 e. The Morgan fingerprint density at radius 3 is 2.56 bits per heavy atom. The third-order valence-electron chi connectivity index (χ3n) is 4.82. The van der Waals surface area contributed by atoms with Gasteiger partial charge in [-0.25, -0.2) is 4.98 Å². The lowest BCUT2D eigenvalue weighted by Crippen LogP contribution is -2.36. The highest BCUT2D eigenvalue weighted by molar-refractivity contribution is 8.00. The molecule has 4 nitrogen and oxygen atoms in total. The molecule has 134 valence electrons. The molecule has 0 N–H and O–H groups in total. The summed E-state index contributed by atoms with van der Waals surface area (Å²) in [5, 5.41) is 0.817. The molecule has 0 saturated heterocycles. The van der Waals surface area contributed by atoms with Crippen LogP contribution in [0.15, 0.2) is 35.5 Å². The molecule has 0 saturated carbocycles. The number of benzene rings is 1. The van der Waals surface area contributed by atoms with E-state index in [9.17, 15) is 4.79 Å². The van der Waals surface area contributed by atoms with Crippen molar-refractivity contribution in [3.8, 4) is 5.69 Å². The van der Waals surface area contributed by atoms with Crippen LogP contribution in [0.25, 0.3) is 5.69 Å². The number of nitrogens with zero attached hydrogens (tertiary/aromatic N) is 3. The van der Waals surface area contributed by atoms with Crippen molar-refractivity contribution in [2.24, 2.45) is 0 Å². The molecule has 1 aromatic heterocycles. The lowest BCUT2D eigenvalue weighted by atomic mass is 10.0. The SMILES string of the molecule is CCN(CC)C(=O)C(C)Sc1nc2c(n1-c1ccccc1)CCCC2. The zero-order chi connectivity index (χ0) is 17.8. The number of amides is 1. The average Bonchev–Trinajstić information content (AvgIpc) is 3.01. The fourth-order valence-electron chi connectivity index (χ4n) is 3.44. The van der Waals surface area contributed by atoms with E-state index in [0.29, 0.717) is 0 Å². The lowest BCUT2D eigenvalue weighted by Gasteiger charge is -2.22. The first-order chi connectivity index (χ1) is 12.2. The molecular formula is C20H27N3OS. The van der Waals surface area contributed by atoms with Crippen molar-refractivity contribution >= 4 is 17.7 Å². The van der Waals surface area contributed by atoms with Gasteiger partial charge in [0.2, 0.25) is 5.91 Å². The summed E-state index contributed by atoms with van der Waals surface area (Å²) < 4.78 is 2.27. The summed E-state index contributed by atoms with van der Waals surface area (Å²) in [7, 11) is 0. The van der Waals surface area contributed by atoms with Crippen LogP contribution in [-0.4, -0.2) is 38.7 Å². The molecule has 0 spiro atoms. The fraction of sp³-hybridized carbons (Fsp3) is 0.500. The molecule has 3 rings (SSSR count). The maximum atomic E-state index is 12.7. The normalized spacial score (nSPS) is 14.8. The van der Waals surface area contributed by atoms with Gasteiger partial charge in [-0.2, -0.15) is 0 Å². The van der Waals surface area contributed by atoms with Crippen LogP contribution in [0, 0.1) is 0 Å². The van der Waals surface area contributed by atoms with Crippen LogP contribution in [0.1, 0.15) is 45.0 Å². The number of carbonyl (C=O) groups excluding carboxylic acids is 1. The smallest absolute Gasteiger partial charge is 0.235 e. The van der Waals surface area contributed by atoms with Gasteiger partial charge in [-0.15, -0.1) is 0 Å². The summed E-state index contributed by atoms with van der Waals surface area (Å²) in [4.78, 5) is 19.5. The van der Waals surface area contributed by atoms with Gasteiger partial charge in [0, 0.05) is 24.5 Å². The number of thioether (sulfide) groups is 1. The Morgan fingerprint density at radius 1 is 1.20 bits per heavy atom. The highest BCUT2D eigenvalue weighted by Crippen LogP contribution is 2.32. The molecule has 1 atom stereocenters. The van der Waals surface area contributed by atoms with Gasteiger partial charge in [-0.05, 0) is 58.6 Å². The number of imidazole rings is 1. The standard InChI is InChI=1S/C20H27N3OS/c1-4-22(5-2)19(24)15(3)25-20-21-17-13-9-10-14-18(17)23(20)16-11-7-6-8-12-16/h6-8,11-12,15H,4-5,9-10,13-14H2,1-3H3. The Kier molecular flexibility index (Phi) is 5.84. The van der Waals surface area contributed by atoms with Crippen molar-refractivity contribution in [3.05, 3.63) is 41.7 Å². The minimum Gasteiger partial charge on any atom is -0.342 e. The first-order valence-corrected chi connectivity index (χ1v) is 10.1. The van der Waals surface area contributed by atoms with E-state index < -0.39 is 0 Å². The van der Waals surface area contributed by atoms with E-state index in [1.54, 1.807) is 11.8 Å². The highest BCUT2D eigenvalue weighted by Gasteiger charge is 2.26. The maximum absolute atomic E-state index is 12.7. The van der Waals surface area contributed by atoms with Gasteiger partial charge in [-0.1, -0.05) is 30.0 Å². The minimum absolute atomic E-state index is 0.133. The molecule has 1 amide bonds. The summed E-state index contributed by atoms with van der Waals surface area (Å²) in [6.45, 7) is 7.56. The van der Waals surface area contributed by atoms with Gasteiger partial charge >= 0.3 is 0 Å². The molecule has 0 bridgehead atoms. The molecule has 1 unspecified atom stereocenters. The molecule has 1 aliphatic rings. The number of rotatable bonds is 6. The monoisotopic (exact) mass is 357 g/mol. The zero-order valence-corrected chi connectivity index (χ0v) is 16.2. The first kappa shape index (κ1) is 18.1. The lowest BCUT2D eigenvalue weighted by molar-refractivity contribution is -0.129. The third-order valence-corrected chi connectivity index (χ3v) is 5.86. The van der Waals surface area contributed by atoms with E-state index >= 15 is 0 Å². The molecule has 1 heterocycles. The molecule has 1 aliphatic carbocycles. The number of carbonyl (C=O) groups is 1. The van der Waals surface area contributed by atoms with Crippen LogP contribution in [0.3, 0.4) is 0 Å². The number of hydrogen-bond donors (Lipinski definition) is 0. The summed E-state index contributed by atoms with van der Waals surface area (Å²) in [6.07, 6.45) is 4.53.